The van der Waals surface area contributed by atoms with Crippen LogP contribution in [0.25, 0.3) is 10.9 Å². The summed E-state index contributed by atoms with van der Waals surface area (Å²) in [5, 5.41) is 1.37. The Labute approximate surface area is 176 Å². The number of nitrogens with zero attached hydrogens (tertiary/aromatic N) is 2. The van der Waals surface area contributed by atoms with Gasteiger partial charge in [0, 0.05) is 43.7 Å². The van der Waals surface area contributed by atoms with Gasteiger partial charge in [-0.2, -0.15) is 0 Å². The predicted octanol–water partition coefficient (Wildman–Crippen LogP) is 4.73. The molecule has 0 bridgehead atoms. The third-order valence-electron chi connectivity index (χ3n) is 6.56. The van der Waals surface area contributed by atoms with Crippen LogP contribution in [-0.2, 0) is 4.43 Å². The van der Waals surface area contributed by atoms with Gasteiger partial charge >= 0.3 is 0 Å². The highest BCUT2D eigenvalue weighted by molar-refractivity contribution is 6.74. The van der Waals surface area contributed by atoms with Gasteiger partial charge in [-0.15, -0.1) is 0 Å². The second-order valence-corrected chi connectivity index (χ2v) is 14.5. The Morgan fingerprint density at radius 2 is 1.79 bits per heavy atom. The molecule has 0 atom stereocenters. The molecule has 1 saturated heterocycles. The SMILES string of the molecule is CC(C)(C)[Si](C)(C)OCCCCN1CCN(C(=O)c2cc3ccccc3[nH]2)CC1. The van der Waals surface area contributed by atoms with Crippen molar-refractivity contribution in [2.24, 2.45) is 0 Å². The first-order valence-electron chi connectivity index (χ1n) is 10.9. The van der Waals surface area contributed by atoms with Gasteiger partial charge in [-0.05, 0) is 49.7 Å². The minimum absolute atomic E-state index is 0.114. The normalized spacial score (nSPS) is 16.5. The number of piperazine rings is 1. The molecule has 160 valence electrons. The van der Waals surface area contributed by atoms with Crippen LogP contribution in [0.2, 0.25) is 18.1 Å². The molecule has 1 amide bonds. The van der Waals surface area contributed by atoms with Gasteiger partial charge in [0.2, 0.25) is 0 Å². The number of nitrogens with one attached hydrogen (secondary N) is 1. The molecule has 1 aromatic heterocycles. The second-order valence-electron chi connectivity index (χ2n) is 9.72. The second kappa shape index (κ2) is 9.02. The molecule has 2 heterocycles. The van der Waals surface area contributed by atoms with E-state index in [1.807, 2.05) is 35.2 Å². The van der Waals surface area contributed by atoms with Crippen LogP contribution in [0.5, 0.6) is 0 Å². The Balaban J connectivity index is 1.38. The lowest BCUT2D eigenvalue weighted by Gasteiger charge is -2.36. The standard InChI is InChI=1S/C23H37N3O2Si/c1-23(2,3)29(4,5)28-17-9-8-12-25-13-15-26(16-14-25)22(27)21-18-19-10-6-7-11-20(19)24-21/h6-7,10-11,18,24H,8-9,12-17H2,1-5H3. The van der Waals surface area contributed by atoms with E-state index in [9.17, 15) is 4.79 Å². The molecular formula is C23H37N3O2Si. The van der Waals surface area contributed by atoms with Crippen molar-refractivity contribution in [1.82, 2.24) is 14.8 Å². The molecule has 1 aliphatic rings. The lowest BCUT2D eigenvalue weighted by atomic mass is 10.2. The Hall–Kier alpha value is -1.63. The van der Waals surface area contributed by atoms with Crippen molar-refractivity contribution in [1.29, 1.82) is 0 Å². The quantitative estimate of drug-likeness (QED) is 0.525. The van der Waals surface area contributed by atoms with Gasteiger partial charge < -0.3 is 14.3 Å². The summed E-state index contributed by atoms with van der Waals surface area (Å²) in [4.78, 5) is 20.5. The third-order valence-corrected chi connectivity index (χ3v) is 11.1. The summed E-state index contributed by atoms with van der Waals surface area (Å²) < 4.78 is 6.27. The minimum atomic E-state index is -1.62. The average molecular weight is 416 g/mol. The number of rotatable bonds is 7. The number of aromatic nitrogens is 1. The molecule has 3 rings (SSSR count). The van der Waals surface area contributed by atoms with Crippen molar-refractivity contribution in [3.63, 3.8) is 0 Å². The molecule has 1 aliphatic heterocycles. The van der Waals surface area contributed by atoms with E-state index >= 15 is 0 Å². The monoisotopic (exact) mass is 415 g/mol. The van der Waals surface area contributed by atoms with Crippen LogP contribution in [0.15, 0.2) is 30.3 Å². The van der Waals surface area contributed by atoms with E-state index in [1.165, 1.54) is 0 Å². The predicted molar refractivity (Wildman–Crippen MR) is 123 cm³/mol. The maximum atomic E-state index is 12.8. The summed E-state index contributed by atoms with van der Waals surface area (Å²) in [5.74, 6) is 0.114. The first kappa shape index (κ1) is 22.1. The number of H-pyrrole nitrogens is 1. The summed E-state index contributed by atoms with van der Waals surface area (Å²) in [5.41, 5.74) is 1.72. The lowest BCUT2D eigenvalue weighted by molar-refractivity contribution is 0.0629. The van der Waals surface area contributed by atoms with E-state index in [-0.39, 0.29) is 10.9 Å². The van der Waals surface area contributed by atoms with Crippen molar-refractivity contribution in [2.75, 3.05) is 39.3 Å². The van der Waals surface area contributed by atoms with Crippen molar-refractivity contribution in [3.8, 4) is 0 Å². The molecule has 6 heteroatoms. The van der Waals surface area contributed by atoms with Gasteiger partial charge in [0.05, 0.1) is 0 Å². The average Bonchev–Trinajstić information content (AvgIpc) is 3.11. The number of hydrogen-bond acceptors (Lipinski definition) is 3. The summed E-state index contributed by atoms with van der Waals surface area (Å²) >= 11 is 0. The Morgan fingerprint density at radius 1 is 1.10 bits per heavy atom. The zero-order valence-electron chi connectivity index (χ0n) is 18.8. The highest BCUT2D eigenvalue weighted by Gasteiger charge is 2.36. The maximum Gasteiger partial charge on any atom is 0.270 e. The van der Waals surface area contributed by atoms with E-state index in [0.717, 1.165) is 63.1 Å². The summed E-state index contributed by atoms with van der Waals surface area (Å²) in [6, 6.07) is 10.0. The topological polar surface area (TPSA) is 48.6 Å². The molecular weight excluding hydrogens is 378 g/mol. The van der Waals surface area contributed by atoms with Crippen LogP contribution in [0, 0.1) is 0 Å². The molecule has 1 aromatic carbocycles. The largest absolute Gasteiger partial charge is 0.417 e. The fraction of sp³-hybridized carbons (Fsp3) is 0.609. The molecule has 0 radical (unpaired) electrons. The van der Waals surface area contributed by atoms with E-state index < -0.39 is 8.32 Å². The van der Waals surface area contributed by atoms with Crippen LogP contribution >= 0.6 is 0 Å². The fourth-order valence-corrected chi connectivity index (χ4v) is 4.60. The summed E-state index contributed by atoms with van der Waals surface area (Å²) in [7, 11) is -1.62. The molecule has 0 spiro atoms. The molecule has 0 unspecified atom stereocenters. The van der Waals surface area contributed by atoms with Crippen LogP contribution in [0.4, 0.5) is 0 Å². The molecule has 2 aromatic rings. The minimum Gasteiger partial charge on any atom is -0.417 e. The molecule has 1 fully saturated rings. The third kappa shape index (κ3) is 5.50. The Bertz CT molecular complexity index is 784. The number of carbonyl (C=O) groups excluding carboxylic acids is 1. The van der Waals surface area contributed by atoms with E-state index in [4.69, 9.17) is 4.43 Å². The first-order chi connectivity index (χ1) is 13.7. The molecule has 29 heavy (non-hydrogen) atoms. The molecule has 5 nitrogen and oxygen atoms in total. The van der Waals surface area contributed by atoms with Crippen LogP contribution < -0.4 is 0 Å². The van der Waals surface area contributed by atoms with Gasteiger partial charge in [-0.3, -0.25) is 9.69 Å². The van der Waals surface area contributed by atoms with Gasteiger partial charge in [-0.1, -0.05) is 39.0 Å². The Morgan fingerprint density at radius 3 is 2.45 bits per heavy atom. The number of carbonyl (C=O) groups is 1. The van der Waals surface area contributed by atoms with Crippen LogP contribution in [0.3, 0.4) is 0 Å². The van der Waals surface area contributed by atoms with E-state index in [2.05, 4.69) is 43.7 Å². The van der Waals surface area contributed by atoms with Gasteiger partial charge in [-0.25, -0.2) is 0 Å². The molecule has 0 saturated carbocycles. The van der Waals surface area contributed by atoms with Gasteiger partial charge in [0.15, 0.2) is 8.32 Å². The van der Waals surface area contributed by atoms with Crippen molar-refractivity contribution in [2.45, 2.75) is 51.7 Å². The number of aromatic amines is 1. The smallest absolute Gasteiger partial charge is 0.270 e. The number of benzene rings is 1. The van der Waals surface area contributed by atoms with Crippen molar-refractivity contribution >= 4 is 25.1 Å². The fourth-order valence-electron chi connectivity index (χ4n) is 3.51. The van der Waals surface area contributed by atoms with E-state index in [0.29, 0.717) is 5.69 Å². The van der Waals surface area contributed by atoms with E-state index in [1.54, 1.807) is 0 Å². The zero-order chi connectivity index (χ0) is 21.1. The van der Waals surface area contributed by atoms with Crippen LogP contribution in [-0.4, -0.2) is 68.3 Å². The highest BCUT2D eigenvalue weighted by Crippen LogP contribution is 2.36. The van der Waals surface area contributed by atoms with Gasteiger partial charge in [0.1, 0.15) is 5.69 Å². The summed E-state index contributed by atoms with van der Waals surface area (Å²) in [6.45, 7) is 17.0. The first-order valence-corrected chi connectivity index (χ1v) is 13.8. The maximum absolute atomic E-state index is 12.8. The van der Waals surface area contributed by atoms with Crippen LogP contribution in [0.1, 0.15) is 44.1 Å². The Kier molecular flexibility index (Phi) is 6.86. The molecule has 1 N–H and O–H groups in total. The summed E-state index contributed by atoms with van der Waals surface area (Å²) in [6.07, 6.45) is 2.27. The number of hydrogen-bond donors (Lipinski definition) is 1. The number of amides is 1. The highest BCUT2D eigenvalue weighted by atomic mass is 28.4. The number of unbranched alkanes of at least 4 members (excludes halogenated alkanes) is 1. The number of fused-ring (bicyclic) bond motifs is 1. The van der Waals surface area contributed by atoms with Crippen molar-refractivity contribution in [3.05, 3.63) is 36.0 Å². The number of para-hydroxylation sites is 1. The van der Waals surface area contributed by atoms with Gasteiger partial charge in [0.25, 0.3) is 5.91 Å². The van der Waals surface area contributed by atoms with Crippen molar-refractivity contribution < 1.29 is 9.22 Å². The lowest BCUT2D eigenvalue weighted by Crippen LogP contribution is -2.49. The molecule has 0 aliphatic carbocycles. The zero-order valence-corrected chi connectivity index (χ0v) is 19.8.